The second kappa shape index (κ2) is 1.96. The molecule has 1 spiro atoms. The lowest BCUT2D eigenvalue weighted by atomic mass is 10.00. The summed E-state index contributed by atoms with van der Waals surface area (Å²) in [6.45, 7) is 0.774. The summed E-state index contributed by atoms with van der Waals surface area (Å²) in [6.07, 6.45) is 6.94. The van der Waals surface area contributed by atoms with Crippen LogP contribution in [-0.2, 0) is 9.78 Å². The Labute approximate surface area is 55.1 Å². The van der Waals surface area contributed by atoms with E-state index in [0.717, 1.165) is 19.4 Å². The van der Waals surface area contributed by atoms with Crippen molar-refractivity contribution in [3.05, 3.63) is 6.42 Å². The van der Waals surface area contributed by atoms with Crippen LogP contribution in [-0.4, -0.2) is 12.2 Å². The molecule has 0 N–H and O–H groups in total. The van der Waals surface area contributed by atoms with Crippen molar-refractivity contribution in [2.24, 2.45) is 0 Å². The summed E-state index contributed by atoms with van der Waals surface area (Å²) < 4.78 is 0. The van der Waals surface area contributed by atoms with Gasteiger partial charge in [-0.1, -0.05) is 6.42 Å². The first-order valence-electron chi connectivity index (χ1n) is 3.56. The number of rotatable bonds is 0. The Morgan fingerprint density at radius 1 is 1.33 bits per heavy atom. The Kier molecular flexibility index (Phi) is 1.24. The molecule has 0 aromatic carbocycles. The molecule has 2 rings (SSSR count). The normalized spacial score (nSPS) is 32.0. The van der Waals surface area contributed by atoms with Gasteiger partial charge in [0.2, 0.25) is 0 Å². The minimum absolute atomic E-state index is 0.0417. The number of hydrogen-bond donors (Lipinski definition) is 0. The summed E-state index contributed by atoms with van der Waals surface area (Å²) >= 11 is 0. The van der Waals surface area contributed by atoms with Crippen molar-refractivity contribution >= 4 is 0 Å². The molecule has 1 aliphatic carbocycles. The van der Waals surface area contributed by atoms with Crippen LogP contribution in [0.4, 0.5) is 0 Å². The van der Waals surface area contributed by atoms with Gasteiger partial charge in [0, 0.05) is 6.42 Å². The average Bonchev–Trinajstić information content (AvgIpc) is 2.45. The van der Waals surface area contributed by atoms with Crippen LogP contribution in [0, 0.1) is 6.42 Å². The third-order valence-corrected chi connectivity index (χ3v) is 2.15. The number of hydrogen-bond acceptors (Lipinski definition) is 2. The molecule has 0 amide bonds. The van der Waals surface area contributed by atoms with Crippen molar-refractivity contribution in [1.82, 2.24) is 0 Å². The second-order valence-corrected chi connectivity index (χ2v) is 2.82. The fourth-order valence-electron chi connectivity index (χ4n) is 1.59. The molecule has 1 saturated heterocycles. The summed E-state index contributed by atoms with van der Waals surface area (Å²) in [5.74, 6) is 0. The molecule has 1 heterocycles. The van der Waals surface area contributed by atoms with Gasteiger partial charge in [-0.15, -0.1) is 0 Å². The van der Waals surface area contributed by atoms with Gasteiger partial charge in [0.1, 0.15) is 5.60 Å². The van der Waals surface area contributed by atoms with E-state index in [1.54, 1.807) is 0 Å². The smallest absolute Gasteiger partial charge is 0.109 e. The highest BCUT2D eigenvalue weighted by molar-refractivity contribution is 5.00. The Morgan fingerprint density at radius 3 is 2.89 bits per heavy atom. The van der Waals surface area contributed by atoms with Crippen molar-refractivity contribution in [1.29, 1.82) is 0 Å². The monoisotopic (exact) mass is 127 g/mol. The molecule has 0 bridgehead atoms. The first kappa shape index (κ1) is 5.69. The van der Waals surface area contributed by atoms with Crippen molar-refractivity contribution in [3.8, 4) is 0 Å². The highest BCUT2D eigenvalue weighted by Gasteiger charge is 2.39. The molecule has 1 radical (unpaired) electrons. The van der Waals surface area contributed by atoms with Gasteiger partial charge in [0.05, 0.1) is 6.61 Å². The lowest BCUT2D eigenvalue weighted by Gasteiger charge is -2.16. The maximum atomic E-state index is 5.15. The molecule has 9 heavy (non-hydrogen) atoms. The molecule has 0 aromatic heterocycles. The Balaban J connectivity index is 2.04. The molecular weight excluding hydrogens is 116 g/mol. The first-order chi connectivity index (χ1) is 4.41. The van der Waals surface area contributed by atoms with E-state index in [2.05, 4.69) is 6.42 Å². The van der Waals surface area contributed by atoms with Crippen molar-refractivity contribution in [2.75, 3.05) is 6.61 Å². The maximum Gasteiger partial charge on any atom is 0.109 e. The minimum atomic E-state index is 0.0417. The molecule has 1 atom stereocenters. The molecule has 2 nitrogen and oxygen atoms in total. The topological polar surface area (TPSA) is 18.5 Å². The molecule has 1 saturated carbocycles. The predicted molar refractivity (Wildman–Crippen MR) is 32.5 cm³/mol. The second-order valence-electron chi connectivity index (χ2n) is 2.82. The first-order valence-corrected chi connectivity index (χ1v) is 3.56. The molecule has 2 aliphatic rings. The van der Waals surface area contributed by atoms with E-state index in [0.29, 0.717) is 0 Å². The van der Waals surface area contributed by atoms with E-state index in [1.807, 2.05) is 0 Å². The Hall–Kier alpha value is -0.0800. The highest BCUT2D eigenvalue weighted by atomic mass is 17.2. The van der Waals surface area contributed by atoms with Crippen LogP contribution in [0.2, 0.25) is 0 Å². The van der Waals surface area contributed by atoms with Crippen LogP contribution < -0.4 is 0 Å². The van der Waals surface area contributed by atoms with Gasteiger partial charge in [-0.05, 0) is 19.3 Å². The highest BCUT2D eigenvalue weighted by Crippen LogP contribution is 2.38. The van der Waals surface area contributed by atoms with Gasteiger partial charge in [-0.3, -0.25) is 0 Å². The van der Waals surface area contributed by atoms with Gasteiger partial charge >= 0.3 is 0 Å². The van der Waals surface area contributed by atoms with Gasteiger partial charge in [0.15, 0.2) is 0 Å². The van der Waals surface area contributed by atoms with Gasteiger partial charge in [-0.2, -0.15) is 0 Å². The SMILES string of the molecule is [CH]1CCCC12CCOO2. The van der Waals surface area contributed by atoms with E-state index in [9.17, 15) is 0 Å². The molecule has 51 valence electrons. The van der Waals surface area contributed by atoms with Gasteiger partial charge < -0.3 is 0 Å². The van der Waals surface area contributed by atoms with E-state index in [4.69, 9.17) is 9.78 Å². The summed E-state index contributed by atoms with van der Waals surface area (Å²) in [4.78, 5) is 10.00. The molecule has 1 aliphatic heterocycles. The standard InChI is InChI=1S/C7H11O2/c1-2-4-7(3-1)5-6-8-9-7/h3H,1-2,4-6H2. The van der Waals surface area contributed by atoms with E-state index in [-0.39, 0.29) is 5.60 Å². The van der Waals surface area contributed by atoms with E-state index < -0.39 is 0 Å². The van der Waals surface area contributed by atoms with E-state index >= 15 is 0 Å². The zero-order valence-electron chi connectivity index (χ0n) is 5.43. The minimum Gasteiger partial charge on any atom is -0.236 e. The molecule has 2 heteroatoms. The van der Waals surface area contributed by atoms with Gasteiger partial charge in [0.25, 0.3) is 0 Å². The molecular formula is C7H11O2. The summed E-state index contributed by atoms with van der Waals surface area (Å²) in [6, 6.07) is 0. The van der Waals surface area contributed by atoms with Crippen LogP contribution in [0.1, 0.15) is 25.7 Å². The third kappa shape index (κ3) is 0.864. The lowest BCUT2D eigenvalue weighted by Crippen LogP contribution is -2.22. The maximum absolute atomic E-state index is 5.15. The molecule has 0 aromatic rings. The van der Waals surface area contributed by atoms with Gasteiger partial charge in [-0.25, -0.2) is 9.78 Å². The van der Waals surface area contributed by atoms with Crippen LogP contribution in [0.25, 0.3) is 0 Å². The van der Waals surface area contributed by atoms with Crippen molar-refractivity contribution in [3.63, 3.8) is 0 Å². The van der Waals surface area contributed by atoms with Crippen LogP contribution >= 0.6 is 0 Å². The fourth-order valence-corrected chi connectivity index (χ4v) is 1.59. The summed E-state index contributed by atoms with van der Waals surface area (Å²) in [5, 5.41) is 0. The molecule has 1 unspecified atom stereocenters. The summed E-state index contributed by atoms with van der Waals surface area (Å²) in [5.41, 5.74) is 0.0417. The lowest BCUT2D eigenvalue weighted by molar-refractivity contribution is -0.298. The quantitative estimate of drug-likeness (QED) is 0.459. The van der Waals surface area contributed by atoms with E-state index in [1.165, 1.54) is 12.8 Å². The van der Waals surface area contributed by atoms with Crippen molar-refractivity contribution < 1.29 is 9.78 Å². The molecule has 2 fully saturated rings. The Bertz CT molecular complexity index is 82.0. The van der Waals surface area contributed by atoms with Crippen LogP contribution in [0.3, 0.4) is 0 Å². The largest absolute Gasteiger partial charge is 0.236 e. The predicted octanol–water partition coefficient (Wildman–Crippen LogP) is 1.47. The average molecular weight is 127 g/mol. The van der Waals surface area contributed by atoms with Crippen LogP contribution in [0.5, 0.6) is 0 Å². The summed E-state index contributed by atoms with van der Waals surface area (Å²) in [7, 11) is 0. The van der Waals surface area contributed by atoms with Crippen LogP contribution in [0.15, 0.2) is 0 Å². The third-order valence-electron chi connectivity index (χ3n) is 2.15. The zero-order valence-corrected chi connectivity index (χ0v) is 5.43. The zero-order chi connectivity index (χ0) is 6.16. The Morgan fingerprint density at radius 2 is 2.33 bits per heavy atom. The fraction of sp³-hybridized carbons (Fsp3) is 0.857. The van der Waals surface area contributed by atoms with Crippen molar-refractivity contribution in [2.45, 2.75) is 31.3 Å².